The van der Waals surface area contributed by atoms with Gasteiger partial charge in [-0.15, -0.1) is 10.2 Å². The van der Waals surface area contributed by atoms with Gasteiger partial charge in [-0.25, -0.2) is 0 Å². The van der Waals surface area contributed by atoms with Crippen LogP contribution in [0.2, 0.25) is 0 Å². The van der Waals surface area contributed by atoms with Gasteiger partial charge >= 0.3 is 0 Å². The molecule has 0 unspecified atom stereocenters. The molecule has 1 aromatic carbocycles. The Hall–Kier alpha value is -2.28. The second kappa shape index (κ2) is 7.74. The fourth-order valence-corrected chi connectivity index (χ4v) is 2.80. The first-order valence-corrected chi connectivity index (χ1v) is 9.01. The first-order chi connectivity index (χ1) is 11.7. The maximum absolute atomic E-state index is 12.6. The summed E-state index contributed by atoms with van der Waals surface area (Å²) in [4.78, 5) is 24.8. The summed E-state index contributed by atoms with van der Waals surface area (Å²) in [5.74, 6) is -0.500. The van der Waals surface area contributed by atoms with Crippen molar-refractivity contribution < 1.29 is 9.59 Å². The zero-order valence-corrected chi connectivity index (χ0v) is 16.0. The number of nitrogens with zero attached hydrogens (tertiary/aromatic N) is 2. The first kappa shape index (κ1) is 19.1. The minimum absolute atomic E-state index is 0.0483. The number of benzene rings is 1. The molecule has 0 spiro atoms. The van der Waals surface area contributed by atoms with E-state index in [9.17, 15) is 9.59 Å². The average Bonchev–Trinajstić information content (AvgIpc) is 3.00. The predicted octanol–water partition coefficient (Wildman–Crippen LogP) is 3.33. The summed E-state index contributed by atoms with van der Waals surface area (Å²) in [6.45, 7) is 9.23. The predicted molar refractivity (Wildman–Crippen MR) is 100 cm³/mol. The monoisotopic (exact) mass is 360 g/mol. The molecule has 0 aliphatic heterocycles. The largest absolute Gasteiger partial charge is 0.344 e. The first-order valence-electron chi connectivity index (χ1n) is 8.19. The molecule has 0 aliphatic carbocycles. The highest BCUT2D eigenvalue weighted by atomic mass is 32.1. The van der Waals surface area contributed by atoms with E-state index in [2.05, 4.69) is 20.8 Å². The summed E-state index contributed by atoms with van der Waals surface area (Å²) in [7, 11) is 0. The fourth-order valence-electron chi connectivity index (χ4n) is 2.05. The van der Waals surface area contributed by atoms with Crippen molar-refractivity contribution in [3.8, 4) is 10.6 Å². The molecule has 2 amide bonds. The van der Waals surface area contributed by atoms with Crippen LogP contribution in [0.5, 0.6) is 0 Å². The lowest BCUT2D eigenvalue weighted by Gasteiger charge is -2.25. The zero-order chi connectivity index (χ0) is 18.6. The number of carbonyl (C=O) groups is 2. The standard InChI is InChI=1S/C18H24N4O2S/c1-11(2)13(19-16(24)18(3,4)5)14(23)20-17-22-21-15(25-17)12-9-7-6-8-10-12/h6-11,13H,1-5H3,(H,19,24)(H,20,22,23)/t13-/m0/s1. The Morgan fingerprint density at radius 2 is 1.72 bits per heavy atom. The molecule has 0 saturated heterocycles. The number of aromatic nitrogens is 2. The van der Waals surface area contributed by atoms with Crippen LogP contribution < -0.4 is 10.6 Å². The molecule has 0 saturated carbocycles. The molecular weight excluding hydrogens is 336 g/mol. The number of amides is 2. The highest BCUT2D eigenvalue weighted by Crippen LogP contribution is 2.26. The molecule has 134 valence electrons. The SMILES string of the molecule is CC(C)[C@H](NC(=O)C(C)(C)C)C(=O)Nc1nnc(-c2ccccc2)s1. The summed E-state index contributed by atoms with van der Waals surface area (Å²) >= 11 is 1.30. The summed E-state index contributed by atoms with van der Waals surface area (Å²) < 4.78 is 0. The van der Waals surface area contributed by atoms with Gasteiger partial charge in [0.05, 0.1) is 0 Å². The van der Waals surface area contributed by atoms with Crippen LogP contribution in [0.3, 0.4) is 0 Å². The Morgan fingerprint density at radius 3 is 2.28 bits per heavy atom. The molecule has 0 radical (unpaired) electrons. The van der Waals surface area contributed by atoms with Crippen LogP contribution in [-0.4, -0.2) is 28.1 Å². The van der Waals surface area contributed by atoms with E-state index in [0.29, 0.717) is 5.13 Å². The lowest BCUT2D eigenvalue weighted by atomic mass is 9.93. The van der Waals surface area contributed by atoms with Crippen LogP contribution in [0.1, 0.15) is 34.6 Å². The molecule has 0 aliphatic rings. The van der Waals surface area contributed by atoms with Gasteiger partial charge in [0.2, 0.25) is 16.9 Å². The van der Waals surface area contributed by atoms with Gasteiger partial charge in [0.1, 0.15) is 11.0 Å². The van der Waals surface area contributed by atoms with Crippen LogP contribution in [0.15, 0.2) is 30.3 Å². The summed E-state index contributed by atoms with van der Waals surface area (Å²) in [5.41, 5.74) is 0.387. The van der Waals surface area contributed by atoms with Crippen molar-refractivity contribution in [2.45, 2.75) is 40.7 Å². The van der Waals surface area contributed by atoms with Crippen molar-refractivity contribution in [1.82, 2.24) is 15.5 Å². The summed E-state index contributed by atoms with van der Waals surface area (Å²) in [6.07, 6.45) is 0. The highest BCUT2D eigenvalue weighted by Gasteiger charge is 2.30. The smallest absolute Gasteiger partial charge is 0.249 e. The Labute approximate surface area is 152 Å². The minimum atomic E-state index is -0.629. The lowest BCUT2D eigenvalue weighted by molar-refractivity contribution is -0.132. The van der Waals surface area contributed by atoms with E-state index in [1.54, 1.807) is 0 Å². The summed E-state index contributed by atoms with van der Waals surface area (Å²) in [5, 5.41) is 14.9. The van der Waals surface area contributed by atoms with Crippen LogP contribution >= 0.6 is 11.3 Å². The average molecular weight is 360 g/mol. The minimum Gasteiger partial charge on any atom is -0.344 e. The van der Waals surface area contributed by atoms with Gasteiger partial charge in [-0.2, -0.15) is 0 Å². The van der Waals surface area contributed by atoms with Crippen molar-refractivity contribution in [2.24, 2.45) is 11.3 Å². The molecular formula is C18H24N4O2S. The molecule has 2 rings (SSSR count). The highest BCUT2D eigenvalue weighted by molar-refractivity contribution is 7.18. The maximum Gasteiger partial charge on any atom is 0.249 e. The molecule has 25 heavy (non-hydrogen) atoms. The number of rotatable bonds is 5. The Bertz CT molecular complexity index is 735. The van der Waals surface area contributed by atoms with Crippen LogP contribution in [-0.2, 0) is 9.59 Å². The quantitative estimate of drug-likeness (QED) is 0.856. The number of hydrogen-bond donors (Lipinski definition) is 2. The molecule has 0 bridgehead atoms. The third-order valence-corrected chi connectivity index (χ3v) is 4.48. The van der Waals surface area contributed by atoms with Gasteiger partial charge in [0, 0.05) is 11.0 Å². The lowest BCUT2D eigenvalue weighted by Crippen LogP contribution is -2.50. The number of hydrogen-bond acceptors (Lipinski definition) is 5. The van der Waals surface area contributed by atoms with Crippen LogP contribution in [0.4, 0.5) is 5.13 Å². The van der Waals surface area contributed by atoms with E-state index in [4.69, 9.17) is 0 Å². The van der Waals surface area contributed by atoms with Crippen LogP contribution in [0.25, 0.3) is 10.6 Å². The Morgan fingerprint density at radius 1 is 1.08 bits per heavy atom. The van der Waals surface area contributed by atoms with E-state index in [0.717, 1.165) is 10.6 Å². The molecule has 1 aromatic heterocycles. The fraction of sp³-hybridized carbons (Fsp3) is 0.444. The van der Waals surface area contributed by atoms with Gasteiger partial charge in [0.15, 0.2) is 0 Å². The maximum atomic E-state index is 12.6. The molecule has 7 heteroatoms. The van der Waals surface area contributed by atoms with Crippen molar-refractivity contribution in [3.63, 3.8) is 0 Å². The van der Waals surface area contributed by atoms with E-state index in [1.807, 2.05) is 65.0 Å². The van der Waals surface area contributed by atoms with Crippen molar-refractivity contribution in [3.05, 3.63) is 30.3 Å². The molecule has 1 heterocycles. The van der Waals surface area contributed by atoms with Gasteiger partial charge in [-0.3, -0.25) is 14.9 Å². The molecule has 2 aromatic rings. The van der Waals surface area contributed by atoms with E-state index < -0.39 is 11.5 Å². The number of anilines is 1. The number of carbonyl (C=O) groups excluding carboxylic acids is 2. The van der Waals surface area contributed by atoms with E-state index in [1.165, 1.54) is 11.3 Å². The Kier molecular flexibility index (Phi) is 5.89. The van der Waals surface area contributed by atoms with E-state index >= 15 is 0 Å². The zero-order valence-electron chi connectivity index (χ0n) is 15.2. The van der Waals surface area contributed by atoms with Gasteiger partial charge < -0.3 is 5.32 Å². The van der Waals surface area contributed by atoms with Crippen molar-refractivity contribution in [2.75, 3.05) is 5.32 Å². The van der Waals surface area contributed by atoms with E-state index in [-0.39, 0.29) is 17.7 Å². The number of nitrogens with one attached hydrogen (secondary N) is 2. The molecule has 0 fully saturated rings. The van der Waals surface area contributed by atoms with Crippen molar-refractivity contribution >= 4 is 28.3 Å². The third kappa shape index (κ3) is 5.09. The second-order valence-corrected chi connectivity index (χ2v) is 8.19. The second-order valence-electron chi connectivity index (χ2n) is 7.21. The summed E-state index contributed by atoms with van der Waals surface area (Å²) in [6, 6.07) is 9.02. The third-order valence-electron chi connectivity index (χ3n) is 3.59. The van der Waals surface area contributed by atoms with Crippen LogP contribution in [0, 0.1) is 11.3 Å². The Balaban J connectivity index is 2.09. The van der Waals surface area contributed by atoms with Gasteiger partial charge in [0.25, 0.3) is 0 Å². The van der Waals surface area contributed by atoms with Gasteiger partial charge in [-0.1, -0.05) is 76.3 Å². The normalized spacial score (nSPS) is 12.7. The molecule has 6 nitrogen and oxygen atoms in total. The topological polar surface area (TPSA) is 84.0 Å². The van der Waals surface area contributed by atoms with Crippen molar-refractivity contribution in [1.29, 1.82) is 0 Å². The molecule has 2 N–H and O–H groups in total. The molecule has 1 atom stereocenters. The van der Waals surface area contributed by atoms with Gasteiger partial charge in [-0.05, 0) is 5.92 Å².